The zero-order valence-corrected chi connectivity index (χ0v) is 25.4. The Labute approximate surface area is 263 Å². The number of phenolic OH excluding ortho intramolecular Hbond substituents is 1. The highest BCUT2D eigenvalue weighted by Crippen LogP contribution is 2.43. The molecular formula is C35H34F2N4O5. The molecule has 46 heavy (non-hydrogen) atoms. The van der Waals surface area contributed by atoms with Crippen LogP contribution in [0.4, 0.5) is 14.6 Å². The van der Waals surface area contributed by atoms with E-state index in [-0.39, 0.29) is 58.0 Å². The molecule has 3 saturated heterocycles. The standard InChI is InChI=1S/C35H34F2N4O5/c1-3-24-26(37)6-5-20-11-23(42)12-25(28(20)24)31-18(2)30-29(33(44)46-31)32(40-14-19-9-21(15-40)27(43)10-19)39-34(38-30)45-17-35-7-4-8-41(35)16-22(36)13-35/h1,5-6,11-12,19,21-22,27,42-43H,4,7-10,13-17H2,2H3/t19-,21-,22+,27+,35-/m0/s1. The molecule has 9 nitrogen and oxygen atoms in total. The van der Waals surface area contributed by atoms with Crippen molar-refractivity contribution in [2.45, 2.75) is 56.8 Å². The maximum Gasteiger partial charge on any atom is 0.349 e. The quantitative estimate of drug-likeness (QED) is 0.304. The molecule has 2 aromatic heterocycles. The fourth-order valence-corrected chi connectivity index (χ4v) is 8.56. The fraction of sp³-hybridized carbons (Fsp3) is 0.457. The lowest BCUT2D eigenvalue weighted by molar-refractivity contribution is 0.107. The van der Waals surface area contributed by atoms with E-state index in [4.69, 9.17) is 25.5 Å². The van der Waals surface area contributed by atoms with Crippen molar-refractivity contribution in [2.24, 2.45) is 11.8 Å². The zero-order chi connectivity index (χ0) is 31.9. The summed E-state index contributed by atoms with van der Waals surface area (Å²) in [6.45, 7) is 4.24. The molecule has 5 atom stereocenters. The van der Waals surface area contributed by atoms with Gasteiger partial charge in [0.05, 0.1) is 22.7 Å². The second kappa shape index (κ2) is 10.6. The molecule has 2 N–H and O–H groups in total. The number of nitrogens with zero attached hydrogens (tertiary/aromatic N) is 4. The number of fused-ring (bicyclic) bond motifs is 5. The van der Waals surface area contributed by atoms with Gasteiger partial charge in [-0.3, -0.25) is 4.90 Å². The monoisotopic (exact) mass is 628 g/mol. The Kier molecular flexibility index (Phi) is 6.74. The molecule has 3 aliphatic heterocycles. The second-order valence-corrected chi connectivity index (χ2v) is 13.5. The minimum absolute atomic E-state index is 0.0208. The van der Waals surface area contributed by atoms with Crippen LogP contribution < -0.4 is 15.3 Å². The van der Waals surface area contributed by atoms with Gasteiger partial charge in [-0.05, 0) is 68.7 Å². The number of rotatable bonds is 5. The van der Waals surface area contributed by atoms with Crippen molar-refractivity contribution in [3.8, 4) is 35.4 Å². The number of hydrogen-bond donors (Lipinski definition) is 2. The Morgan fingerprint density at radius 3 is 2.85 bits per heavy atom. The summed E-state index contributed by atoms with van der Waals surface area (Å²) in [5.41, 5.74) is -0.169. The van der Waals surface area contributed by atoms with E-state index in [0.717, 1.165) is 25.8 Å². The van der Waals surface area contributed by atoms with Crippen molar-refractivity contribution in [3.05, 3.63) is 51.6 Å². The zero-order valence-electron chi connectivity index (χ0n) is 25.4. The highest BCUT2D eigenvalue weighted by atomic mass is 19.1. The van der Waals surface area contributed by atoms with Crippen LogP contribution >= 0.6 is 0 Å². The number of phenols is 1. The highest BCUT2D eigenvalue weighted by molar-refractivity contribution is 6.03. The summed E-state index contributed by atoms with van der Waals surface area (Å²) < 4.78 is 41.7. The first-order chi connectivity index (χ1) is 22.1. The largest absolute Gasteiger partial charge is 0.508 e. The van der Waals surface area contributed by atoms with Gasteiger partial charge < -0.3 is 24.3 Å². The third-order valence-corrected chi connectivity index (χ3v) is 10.6. The molecule has 238 valence electrons. The summed E-state index contributed by atoms with van der Waals surface area (Å²) in [6, 6.07) is 5.65. The Bertz CT molecular complexity index is 2010. The van der Waals surface area contributed by atoms with E-state index in [1.807, 2.05) is 4.90 Å². The molecule has 0 radical (unpaired) electrons. The number of aryl methyl sites for hydroxylation is 1. The van der Waals surface area contributed by atoms with Crippen LogP contribution in [0.1, 0.15) is 43.2 Å². The Hall–Kier alpha value is -4.27. The van der Waals surface area contributed by atoms with Gasteiger partial charge in [0.15, 0.2) is 5.82 Å². The Morgan fingerprint density at radius 2 is 2.04 bits per heavy atom. The molecule has 1 saturated carbocycles. The van der Waals surface area contributed by atoms with E-state index in [1.54, 1.807) is 6.92 Å². The van der Waals surface area contributed by atoms with E-state index in [1.165, 1.54) is 24.3 Å². The smallest absolute Gasteiger partial charge is 0.349 e. The number of hydrogen-bond acceptors (Lipinski definition) is 9. The van der Waals surface area contributed by atoms with Gasteiger partial charge in [-0.1, -0.05) is 12.0 Å². The molecule has 1 aliphatic carbocycles. The van der Waals surface area contributed by atoms with Crippen molar-refractivity contribution in [3.63, 3.8) is 0 Å². The first-order valence-electron chi connectivity index (χ1n) is 15.9. The van der Waals surface area contributed by atoms with E-state index in [0.29, 0.717) is 54.6 Å². The predicted molar refractivity (Wildman–Crippen MR) is 168 cm³/mol. The third-order valence-electron chi connectivity index (χ3n) is 10.6. The first-order valence-corrected chi connectivity index (χ1v) is 15.9. The summed E-state index contributed by atoms with van der Waals surface area (Å²) in [4.78, 5) is 27.6. The van der Waals surface area contributed by atoms with E-state index < -0.39 is 29.3 Å². The predicted octanol–water partition coefficient (Wildman–Crippen LogP) is 4.70. The van der Waals surface area contributed by atoms with Crippen LogP contribution in [0.25, 0.3) is 33.0 Å². The number of halogens is 2. The lowest BCUT2D eigenvalue weighted by atomic mass is 9.94. The second-order valence-electron chi connectivity index (χ2n) is 13.5. The molecule has 2 aromatic carbocycles. The average molecular weight is 629 g/mol. The van der Waals surface area contributed by atoms with Gasteiger partial charge in [-0.25, -0.2) is 13.6 Å². The van der Waals surface area contributed by atoms with Crippen LogP contribution in [0.15, 0.2) is 33.5 Å². The minimum atomic E-state index is -0.920. The molecule has 4 aromatic rings. The van der Waals surface area contributed by atoms with Gasteiger partial charge >= 0.3 is 11.6 Å². The van der Waals surface area contributed by atoms with Gasteiger partial charge in [0, 0.05) is 48.5 Å². The summed E-state index contributed by atoms with van der Waals surface area (Å²) in [6.07, 6.45) is 8.12. The molecule has 4 aliphatic rings. The van der Waals surface area contributed by atoms with Gasteiger partial charge in [-0.15, -0.1) is 6.42 Å². The SMILES string of the molecule is C#Cc1c(F)ccc2cc(O)cc(-c3oc(=O)c4c(N5C[C@H]6C[C@@H](C5)[C@H](O)C6)nc(OC[C@@]56CCCN5C[C@H](F)C6)nc4c3C)c12. The van der Waals surface area contributed by atoms with E-state index >= 15 is 0 Å². The number of piperidine rings is 1. The van der Waals surface area contributed by atoms with Crippen molar-refractivity contribution in [1.29, 1.82) is 0 Å². The third kappa shape index (κ3) is 4.53. The number of aromatic nitrogens is 2. The maximum atomic E-state index is 14.9. The lowest BCUT2D eigenvalue weighted by Gasteiger charge is -2.34. The van der Waals surface area contributed by atoms with Crippen LogP contribution in [0.2, 0.25) is 0 Å². The number of ether oxygens (including phenoxy) is 1. The molecule has 8 rings (SSSR count). The summed E-state index contributed by atoms with van der Waals surface area (Å²) in [5.74, 6) is 2.41. The summed E-state index contributed by atoms with van der Waals surface area (Å²) in [7, 11) is 0. The summed E-state index contributed by atoms with van der Waals surface area (Å²) >= 11 is 0. The number of benzene rings is 2. The maximum absolute atomic E-state index is 14.9. The summed E-state index contributed by atoms with van der Waals surface area (Å²) in [5, 5.41) is 22.2. The molecule has 11 heteroatoms. The number of anilines is 1. The van der Waals surface area contributed by atoms with Gasteiger partial charge in [0.25, 0.3) is 0 Å². The van der Waals surface area contributed by atoms with Crippen molar-refractivity contribution < 1.29 is 28.1 Å². The van der Waals surface area contributed by atoms with Crippen LogP contribution in [0.3, 0.4) is 0 Å². The van der Waals surface area contributed by atoms with Crippen LogP contribution in [-0.4, -0.2) is 75.7 Å². The molecule has 0 unspecified atom stereocenters. The van der Waals surface area contributed by atoms with Gasteiger partial charge in [-0.2, -0.15) is 9.97 Å². The number of alkyl halides is 1. The Morgan fingerprint density at radius 1 is 1.20 bits per heavy atom. The molecule has 5 heterocycles. The topological polar surface area (TPSA) is 112 Å². The number of terminal acetylenes is 1. The molecule has 2 bridgehead atoms. The van der Waals surface area contributed by atoms with E-state index in [9.17, 15) is 23.8 Å². The number of aromatic hydroxyl groups is 1. The average Bonchev–Trinajstić information content (AvgIpc) is 3.65. The molecule has 4 fully saturated rings. The highest BCUT2D eigenvalue weighted by Gasteiger charge is 2.49. The van der Waals surface area contributed by atoms with Crippen molar-refractivity contribution in [2.75, 3.05) is 37.7 Å². The van der Waals surface area contributed by atoms with Crippen molar-refractivity contribution in [1.82, 2.24) is 14.9 Å². The van der Waals surface area contributed by atoms with Crippen molar-refractivity contribution >= 4 is 27.5 Å². The van der Waals surface area contributed by atoms with Gasteiger partial charge in [0.2, 0.25) is 0 Å². The molecule has 0 spiro atoms. The lowest BCUT2D eigenvalue weighted by Crippen LogP contribution is -2.43. The number of aliphatic hydroxyl groups is 1. The van der Waals surface area contributed by atoms with E-state index in [2.05, 4.69) is 10.8 Å². The fourth-order valence-electron chi connectivity index (χ4n) is 8.56. The van der Waals surface area contributed by atoms with Crippen LogP contribution in [-0.2, 0) is 0 Å². The first kappa shape index (κ1) is 29.2. The minimum Gasteiger partial charge on any atom is -0.508 e. The van der Waals surface area contributed by atoms with Gasteiger partial charge in [0.1, 0.15) is 35.5 Å². The molecule has 0 amide bonds. The number of aliphatic hydroxyl groups excluding tert-OH is 1. The normalized spacial score (nSPS) is 27.4. The van der Waals surface area contributed by atoms with Crippen LogP contribution in [0, 0.1) is 36.9 Å². The van der Waals surface area contributed by atoms with Crippen LogP contribution in [0.5, 0.6) is 11.8 Å². The Balaban J connectivity index is 1.31. The molecular weight excluding hydrogens is 594 g/mol.